The van der Waals surface area contributed by atoms with Gasteiger partial charge in [-0.1, -0.05) is 66.7 Å². The third kappa shape index (κ3) is 7.87. The third-order valence-corrected chi connectivity index (χ3v) is 11.7. The molecule has 2 saturated heterocycles. The molecule has 2 fully saturated rings. The van der Waals surface area contributed by atoms with E-state index in [-0.39, 0.29) is 18.2 Å². The Bertz CT molecular complexity index is 2360. The van der Waals surface area contributed by atoms with Crippen LogP contribution in [0.2, 0.25) is 0 Å². The van der Waals surface area contributed by atoms with Crippen molar-refractivity contribution in [1.82, 2.24) is 9.80 Å². The summed E-state index contributed by atoms with van der Waals surface area (Å²) in [6.45, 7) is 5.55. The molecule has 4 aromatic carbocycles. The maximum absolute atomic E-state index is 13.5. The summed E-state index contributed by atoms with van der Waals surface area (Å²) in [5.74, 6) is 3.50. The summed E-state index contributed by atoms with van der Waals surface area (Å²) in [5, 5.41) is 0.692. The van der Waals surface area contributed by atoms with Gasteiger partial charge in [0.2, 0.25) is 5.91 Å². The summed E-state index contributed by atoms with van der Waals surface area (Å²) in [7, 11) is -0.716. The van der Waals surface area contributed by atoms with Gasteiger partial charge in [-0.15, -0.1) is 0 Å². The maximum atomic E-state index is 13.5. The second-order valence-corrected chi connectivity index (χ2v) is 15.2. The number of hydrogen-bond acceptors (Lipinski definition) is 8. The molecule has 286 valence electrons. The third-order valence-electron chi connectivity index (χ3n) is 11.7. The minimum Gasteiger partial charge on any atom is -0.520 e. The summed E-state index contributed by atoms with van der Waals surface area (Å²) in [5.41, 5.74) is 18.9. The van der Waals surface area contributed by atoms with Gasteiger partial charge < -0.3 is 35.0 Å². The Kier molecular flexibility index (Phi) is 10.8. The number of rotatable bonds is 9. The van der Waals surface area contributed by atoms with Gasteiger partial charge in [-0.05, 0) is 102 Å². The van der Waals surface area contributed by atoms with Gasteiger partial charge in [0, 0.05) is 56.3 Å². The van der Waals surface area contributed by atoms with Crippen molar-refractivity contribution in [3.63, 3.8) is 0 Å². The van der Waals surface area contributed by atoms with Gasteiger partial charge in [-0.2, -0.15) is 0 Å². The van der Waals surface area contributed by atoms with E-state index < -0.39 is 12.7 Å². The van der Waals surface area contributed by atoms with Crippen LogP contribution in [0.3, 0.4) is 0 Å². The number of aryl methyl sites for hydroxylation is 1. The minimum absolute atomic E-state index is 0.0223. The highest BCUT2D eigenvalue weighted by Crippen LogP contribution is 2.39. The number of amides is 2. The fourth-order valence-electron chi connectivity index (χ4n) is 8.37. The Morgan fingerprint density at radius 2 is 1.36 bits per heavy atom. The van der Waals surface area contributed by atoms with E-state index in [0.717, 1.165) is 42.4 Å². The lowest BCUT2D eigenvalue weighted by molar-refractivity contribution is -0.131. The first-order valence-corrected chi connectivity index (χ1v) is 19.6. The Labute approximate surface area is 327 Å². The van der Waals surface area contributed by atoms with Gasteiger partial charge >= 0.3 is 12.7 Å². The number of piperidine rings is 2. The molecule has 0 unspecified atom stereocenters. The van der Waals surface area contributed by atoms with Gasteiger partial charge in [0.1, 0.15) is 17.1 Å². The molecule has 0 bridgehead atoms. The highest BCUT2D eigenvalue weighted by atomic mass is 16.6. The number of likely N-dealkylation sites (tertiary alicyclic amines) is 2. The molecule has 10 nitrogen and oxygen atoms in total. The molecule has 2 amide bonds. The van der Waals surface area contributed by atoms with Crippen LogP contribution in [-0.2, 0) is 24.3 Å². The molecule has 0 spiro atoms. The zero-order chi connectivity index (χ0) is 38.8. The van der Waals surface area contributed by atoms with Crippen molar-refractivity contribution >= 4 is 36.0 Å². The number of nitrogens with two attached hydrogens (primary N) is 2. The lowest BCUT2D eigenvalue weighted by atomic mass is 9.88. The first-order valence-electron chi connectivity index (χ1n) is 19.6. The average molecular weight is 751 g/mol. The number of fused-ring (bicyclic) bond motifs is 2. The topological polar surface area (TPSA) is 141 Å². The molecule has 1 aromatic heterocycles. The Hall–Kier alpha value is -5.65. The van der Waals surface area contributed by atoms with Crippen molar-refractivity contribution in [2.75, 3.05) is 26.2 Å². The molecular formula is C45H47BN4O6. The number of nitrogens with zero attached hydrogens (tertiary/aromatic N) is 2. The second kappa shape index (κ2) is 16.2. The average Bonchev–Trinajstić information content (AvgIpc) is 3.65. The number of hydrogen-bond donors (Lipinski definition) is 2. The lowest BCUT2D eigenvalue weighted by Gasteiger charge is -2.32. The molecule has 3 aliphatic heterocycles. The molecule has 4 heterocycles. The molecule has 8 rings (SSSR count). The highest BCUT2D eigenvalue weighted by molar-refractivity contribution is 6.54. The van der Waals surface area contributed by atoms with Crippen LogP contribution in [-0.4, -0.2) is 54.9 Å². The molecule has 56 heavy (non-hydrogen) atoms. The van der Waals surface area contributed by atoms with Gasteiger partial charge in [-0.25, -0.2) is 4.79 Å². The van der Waals surface area contributed by atoms with Crippen molar-refractivity contribution in [2.45, 2.75) is 64.0 Å². The fraction of sp³-hybridized carbons (Fsp3) is 0.311. The van der Waals surface area contributed by atoms with Crippen LogP contribution >= 0.6 is 0 Å². The number of benzene rings is 4. The summed E-state index contributed by atoms with van der Waals surface area (Å²) >= 11 is 0. The quantitative estimate of drug-likeness (QED) is 0.129. The molecule has 0 saturated carbocycles. The van der Waals surface area contributed by atoms with Crippen molar-refractivity contribution in [3.05, 3.63) is 146 Å². The van der Waals surface area contributed by atoms with Crippen molar-refractivity contribution < 1.29 is 23.3 Å². The number of carbonyl (C=O) groups is 2. The van der Waals surface area contributed by atoms with E-state index in [9.17, 15) is 14.4 Å². The molecule has 4 N–H and O–H groups in total. The van der Waals surface area contributed by atoms with Crippen LogP contribution in [0.5, 0.6) is 11.5 Å². The molecule has 5 aromatic rings. The lowest BCUT2D eigenvalue weighted by Crippen LogP contribution is -2.39. The van der Waals surface area contributed by atoms with Gasteiger partial charge in [0.15, 0.2) is 0 Å². The monoisotopic (exact) mass is 750 g/mol. The summed E-state index contributed by atoms with van der Waals surface area (Å²) < 4.78 is 17.9. The predicted octanol–water partition coefficient (Wildman–Crippen LogP) is 6.50. The maximum Gasteiger partial charge on any atom is 0.625 e. The summed E-state index contributed by atoms with van der Waals surface area (Å²) in [6, 6.07) is 27.9. The van der Waals surface area contributed by atoms with Crippen LogP contribution in [0.1, 0.15) is 86.8 Å². The number of carbonyl (C=O) groups excluding carboxylic acids is 2. The van der Waals surface area contributed by atoms with Gasteiger partial charge in [0.25, 0.3) is 5.91 Å². The van der Waals surface area contributed by atoms with E-state index in [1.165, 1.54) is 11.1 Å². The normalized spacial score (nSPS) is 16.3. The fourth-order valence-corrected chi connectivity index (χ4v) is 8.37. The largest absolute Gasteiger partial charge is 0.625 e. The van der Waals surface area contributed by atoms with Crippen molar-refractivity contribution in [1.29, 1.82) is 0 Å². The minimum atomic E-state index is -0.716. The standard InChI is InChI=1S/C45H47BN4O6/c1-29-38-24-41-42(26-40(38)54-45(53)39(29)25-43(51)49-17-12-33(13-18-49)35-8-3-6-31(22-35)27-47)56-46(55-41)16-11-30-5-2-10-37(21-30)44(52)50-19-14-34(15-20-50)36-9-4-7-32(23-36)28-48/h2-11,16,21-24,26,33-34H,12-15,17-20,25,27-28,47-48H2,1H3/b16-11+. The zero-order valence-electron chi connectivity index (χ0n) is 31.7. The van der Waals surface area contributed by atoms with Crippen LogP contribution in [0.4, 0.5) is 0 Å². The van der Waals surface area contributed by atoms with E-state index in [1.807, 2.05) is 71.3 Å². The molecule has 0 radical (unpaired) electrons. The zero-order valence-corrected chi connectivity index (χ0v) is 31.7. The van der Waals surface area contributed by atoms with E-state index in [0.29, 0.717) is 90.3 Å². The van der Waals surface area contributed by atoms with Crippen molar-refractivity contribution in [2.24, 2.45) is 11.5 Å². The Morgan fingerprint density at radius 3 is 1.98 bits per heavy atom. The van der Waals surface area contributed by atoms with Crippen LogP contribution in [0, 0.1) is 6.92 Å². The smallest absolute Gasteiger partial charge is 0.520 e. The van der Waals surface area contributed by atoms with Gasteiger partial charge in [-0.3, -0.25) is 9.59 Å². The van der Waals surface area contributed by atoms with Crippen LogP contribution in [0.25, 0.3) is 17.0 Å². The van der Waals surface area contributed by atoms with E-state index >= 15 is 0 Å². The molecule has 0 aliphatic carbocycles. The Balaban J connectivity index is 0.886. The molecule has 11 heteroatoms. The molecule has 0 atom stereocenters. The van der Waals surface area contributed by atoms with E-state index in [4.69, 9.17) is 25.2 Å². The second-order valence-electron chi connectivity index (χ2n) is 15.2. The molecular weight excluding hydrogens is 703 g/mol. The molecule has 3 aliphatic rings. The Morgan fingerprint density at radius 1 is 0.768 bits per heavy atom. The van der Waals surface area contributed by atoms with Crippen molar-refractivity contribution in [3.8, 4) is 11.5 Å². The first kappa shape index (κ1) is 37.3. The summed E-state index contributed by atoms with van der Waals surface area (Å²) in [6.07, 6.45) is 5.40. The summed E-state index contributed by atoms with van der Waals surface area (Å²) in [4.78, 5) is 43.9. The highest BCUT2D eigenvalue weighted by Gasteiger charge is 2.32. The van der Waals surface area contributed by atoms with Gasteiger partial charge in [0.05, 0.1) is 12.0 Å². The first-order chi connectivity index (χ1) is 27.3. The van der Waals surface area contributed by atoms with Crippen LogP contribution < -0.4 is 26.4 Å². The van der Waals surface area contributed by atoms with Crippen LogP contribution in [0.15, 0.2) is 100 Å². The van der Waals surface area contributed by atoms with E-state index in [2.05, 4.69) is 30.3 Å². The van der Waals surface area contributed by atoms with E-state index in [1.54, 1.807) is 12.0 Å². The predicted molar refractivity (Wildman–Crippen MR) is 219 cm³/mol. The SMILES string of the molecule is Cc1c(CC(=O)N2CCC(c3cccc(CN)c3)CC2)c(=O)oc2cc3c(cc12)OB(/C=C/c1cccc(C(=O)N2CCC(c4cccc(CN)c4)CC2)c1)O3.